The Labute approximate surface area is 183 Å². The van der Waals surface area contributed by atoms with E-state index in [0.29, 0.717) is 24.5 Å². The zero-order valence-electron chi connectivity index (χ0n) is 16.5. The van der Waals surface area contributed by atoms with Crippen molar-refractivity contribution in [2.75, 3.05) is 20.3 Å². The lowest BCUT2D eigenvalue weighted by Crippen LogP contribution is -2.36. The Morgan fingerprint density at radius 2 is 2.00 bits per heavy atom. The Kier molecular flexibility index (Phi) is 5.92. The van der Waals surface area contributed by atoms with Gasteiger partial charge in [0.05, 0.1) is 24.8 Å². The number of nitrogens with zero attached hydrogens (tertiary/aromatic N) is 1. The van der Waals surface area contributed by atoms with Crippen molar-refractivity contribution in [3.8, 4) is 5.75 Å². The molecule has 2 fully saturated rings. The lowest BCUT2D eigenvalue weighted by atomic mass is 9.95. The lowest BCUT2D eigenvalue weighted by Gasteiger charge is -2.27. The largest absolute Gasteiger partial charge is 0.507 e. The highest BCUT2D eigenvalue weighted by atomic mass is 79.9. The minimum absolute atomic E-state index is 0.0845. The van der Waals surface area contributed by atoms with Crippen LogP contribution in [0.5, 0.6) is 5.75 Å². The highest BCUT2D eigenvalue weighted by Gasteiger charge is 2.47. The van der Waals surface area contributed by atoms with E-state index in [0.717, 1.165) is 22.9 Å². The number of carbonyl (C=O) groups excluding carboxylic acids is 2. The number of benzene rings is 2. The molecule has 156 valence electrons. The van der Waals surface area contributed by atoms with Crippen LogP contribution in [0.15, 0.2) is 58.6 Å². The van der Waals surface area contributed by atoms with Crippen LogP contribution in [-0.4, -0.2) is 48.1 Å². The lowest BCUT2D eigenvalue weighted by molar-refractivity contribution is -0.140. The summed E-state index contributed by atoms with van der Waals surface area (Å²) in [5, 5.41) is 11.0. The molecule has 0 bridgehead atoms. The van der Waals surface area contributed by atoms with Crippen molar-refractivity contribution in [2.24, 2.45) is 0 Å². The molecule has 0 aliphatic carbocycles. The van der Waals surface area contributed by atoms with Crippen LogP contribution >= 0.6 is 15.9 Å². The van der Waals surface area contributed by atoms with E-state index < -0.39 is 17.7 Å². The molecule has 2 aliphatic rings. The summed E-state index contributed by atoms with van der Waals surface area (Å²) in [5.74, 6) is -0.874. The molecule has 2 aromatic rings. The second-order valence-corrected chi connectivity index (χ2v) is 8.29. The zero-order chi connectivity index (χ0) is 21.3. The smallest absolute Gasteiger partial charge is 0.295 e. The Balaban J connectivity index is 1.81. The van der Waals surface area contributed by atoms with Crippen molar-refractivity contribution in [1.82, 2.24) is 4.90 Å². The molecule has 2 heterocycles. The first kappa shape index (κ1) is 20.6. The van der Waals surface area contributed by atoms with Gasteiger partial charge in [0.1, 0.15) is 11.5 Å². The Hall–Kier alpha value is -2.64. The van der Waals surface area contributed by atoms with Crippen molar-refractivity contribution >= 4 is 33.4 Å². The van der Waals surface area contributed by atoms with Gasteiger partial charge in [0.25, 0.3) is 11.7 Å². The average molecular weight is 472 g/mol. The van der Waals surface area contributed by atoms with Gasteiger partial charge in [-0.1, -0.05) is 28.1 Å². The van der Waals surface area contributed by atoms with Crippen molar-refractivity contribution in [2.45, 2.75) is 25.0 Å². The van der Waals surface area contributed by atoms with Gasteiger partial charge in [0.2, 0.25) is 0 Å². The fourth-order valence-corrected chi connectivity index (χ4v) is 4.42. The van der Waals surface area contributed by atoms with E-state index >= 15 is 0 Å². The SMILES string of the molecule is COc1ccc(/C(O)=C2/C(=O)C(=O)N(CC3CCCO3)C2c2cccc(Br)c2)cc1. The molecule has 6 nitrogen and oxygen atoms in total. The van der Waals surface area contributed by atoms with Gasteiger partial charge < -0.3 is 19.5 Å². The number of likely N-dealkylation sites (tertiary alicyclic amines) is 1. The van der Waals surface area contributed by atoms with Gasteiger partial charge >= 0.3 is 0 Å². The van der Waals surface area contributed by atoms with Gasteiger partial charge in [0, 0.05) is 23.2 Å². The third kappa shape index (κ3) is 3.87. The molecule has 7 heteroatoms. The molecule has 0 radical (unpaired) electrons. The number of ketones is 1. The van der Waals surface area contributed by atoms with Crippen LogP contribution in [0.2, 0.25) is 0 Å². The first-order valence-corrected chi connectivity index (χ1v) is 10.6. The second-order valence-electron chi connectivity index (χ2n) is 7.37. The van der Waals surface area contributed by atoms with Gasteiger partial charge in [0.15, 0.2) is 0 Å². The molecule has 1 amide bonds. The maximum atomic E-state index is 13.0. The molecule has 2 unspecified atom stereocenters. The molecule has 30 heavy (non-hydrogen) atoms. The summed E-state index contributed by atoms with van der Waals surface area (Å²) in [6, 6.07) is 13.5. The fraction of sp³-hybridized carbons (Fsp3) is 0.304. The van der Waals surface area contributed by atoms with Crippen LogP contribution in [0.3, 0.4) is 0 Å². The molecule has 4 rings (SSSR count). The summed E-state index contributed by atoms with van der Waals surface area (Å²) in [7, 11) is 1.55. The van der Waals surface area contributed by atoms with E-state index in [1.54, 1.807) is 31.4 Å². The van der Waals surface area contributed by atoms with Gasteiger partial charge in [-0.25, -0.2) is 0 Å². The topological polar surface area (TPSA) is 76.1 Å². The van der Waals surface area contributed by atoms with E-state index in [4.69, 9.17) is 9.47 Å². The van der Waals surface area contributed by atoms with Crippen molar-refractivity contribution < 1.29 is 24.2 Å². The highest BCUT2D eigenvalue weighted by molar-refractivity contribution is 9.10. The quantitative estimate of drug-likeness (QED) is 0.404. The Morgan fingerprint density at radius 3 is 2.63 bits per heavy atom. The van der Waals surface area contributed by atoms with E-state index in [1.807, 2.05) is 24.3 Å². The minimum atomic E-state index is -0.689. The van der Waals surface area contributed by atoms with Crippen LogP contribution in [0.1, 0.15) is 30.0 Å². The summed E-state index contributed by atoms with van der Waals surface area (Å²) >= 11 is 3.46. The third-order valence-corrected chi connectivity index (χ3v) is 5.99. The third-order valence-electron chi connectivity index (χ3n) is 5.49. The standard InChI is InChI=1S/C23H22BrNO5/c1-29-17-9-7-14(8-10-17)21(26)19-20(15-4-2-5-16(24)12-15)25(23(28)22(19)27)13-18-6-3-11-30-18/h2,4-5,7-10,12,18,20,26H,3,6,11,13H2,1H3/b21-19-. The summed E-state index contributed by atoms with van der Waals surface area (Å²) in [6.07, 6.45) is 1.66. The molecule has 1 N–H and O–H groups in total. The number of aliphatic hydroxyl groups excluding tert-OH is 1. The maximum absolute atomic E-state index is 13.0. The van der Waals surface area contributed by atoms with E-state index in [-0.39, 0.29) is 17.4 Å². The number of hydrogen-bond donors (Lipinski definition) is 1. The average Bonchev–Trinajstić information content (AvgIpc) is 3.36. The number of ether oxygens (including phenoxy) is 2. The molecule has 2 saturated heterocycles. The number of methoxy groups -OCH3 is 1. The molecule has 0 saturated carbocycles. The van der Waals surface area contributed by atoms with Crippen LogP contribution < -0.4 is 4.74 Å². The van der Waals surface area contributed by atoms with Gasteiger partial charge in [-0.2, -0.15) is 0 Å². The molecule has 2 aliphatic heterocycles. The first-order chi connectivity index (χ1) is 14.5. The van der Waals surface area contributed by atoms with E-state index in [2.05, 4.69) is 15.9 Å². The van der Waals surface area contributed by atoms with Gasteiger partial charge in [-0.15, -0.1) is 0 Å². The maximum Gasteiger partial charge on any atom is 0.295 e. The number of carbonyl (C=O) groups is 2. The molecule has 0 spiro atoms. The first-order valence-electron chi connectivity index (χ1n) is 9.79. The minimum Gasteiger partial charge on any atom is -0.507 e. The van der Waals surface area contributed by atoms with Crippen LogP contribution in [0.4, 0.5) is 0 Å². The molecule has 0 aromatic heterocycles. The molecular weight excluding hydrogens is 450 g/mol. The molecular formula is C23H22BrNO5. The predicted octanol–water partition coefficient (Wildman–Crippen LogP) is 4.06. The number of Topliss-reactive ketones (excluding diaryl/α,β-unsaturated/α-hetero) is 1. The summed E-state index contributed by atoms with van der Waals surface area (Å²) in [6.45, 7) is 0.961. The number of aliphatic hydroxyl groups is 1. The summed E-state index contributed by atoms with van der Waals surface area (Å²) < 4.78 is 11.7. The van der Waals surface area contributed by atoms with Crippen molar-refractivity contribution in [3.05, 3.63) is 69.7 Å². The van der Waals surface area contributed by atoms with Gasteiger partial charge in [-0.3, -0.25) is 9.59 Å². The zero-order valence-corrected chi connectivity index (χ0v) is 18.1. The number of hydrogen-bond acceptors (Lipinski definition) is 5. The van der Waals surface area contributed by atoms with Crippen molar-refractivity contribution in [1.29, 1.82) is 0 Å². The summed E-state index contributed by atoms with van der Waals surface area (Å²) in [4.78, 5) is 27.5. The Bertz CT molecular complexity index is 995. The Morgan fingerprint density at radius 1 is 1.23 bits per heavy atom. The number of rotatable bonds is 5. The molecule has 2 atom stereocenters. The number of amides is 1. The summed E-state index contributed by atoms with van der Waals surface area (Å²) in [5.41, 5.74) is 1.28. The highest BCUT2D eigenvalue weighted by Crippen LogP contribution is 2.40. The van der Waals surface area contributed by atoms with Crippen LogP contribution in [0.25, 0.3) is 5.76 Å². The van der Waals surface area contributed by atoms with Gasteiger partial charge in [-0.05, 0) is 54.8 Å². The number of halogens is 1. The fourth-order valence-electron chi connectivity index (χ4n) is 4.00. The molecule has 2 aromatic carbocycles. The van der Waals surface area contributed by atoms with Crippen LogP contribution in [0, 0.1) is 0 Å². The predicted molar refractivity (Wildman–Crippen MR) is 115 cm³/mol. The second kappa shape index (κ2) is 8.62. The van der Waals surface area contributed by atoms with Crippen LogP contribution in [-0.2, 0) is 14.3 Å². The normalized spacial score (nSPS) is 23.2. The monoisotopic (exact) mass is 471 g/mol. The van der Waals surface area contributed by atoms with Crippen molar-refractivity contribution in [3.63, 3.8) is 0 Å². The van der Waals surface area contributed by atoms with E-state index in [1.165, 1.54) is 4.90 Å². The van der Waals surface area contributed by atoms with E-state index in [9.17, 15) is 14.7 Å².